The van der Waals surface area contributed by atoms with Gasteiger partial charge in [-0.05, 0) is 48.8 Å². The molecule has 2 heterocycles. The van der Waals surface area contributed by atoms with Crippen LogP contribution in [0.15, 0.2) is 18.2 Å². The first-order valence-electron chi connectivity index (χ1n) is 11.1. The van der Waals surface area contributed by atoms with E-state index >= 15 is 0 Å². The number of rotatable bonds is 4. The van der Waals surface area contributed by atoms with Gasteiger partial charge in [-0.3, -0.25) is 0 Å². The van der Waals surface area contributed by atoms with E-state index in [2.05, 4.69) is 5.32 Å². The van der Waals surface area contributed by atoms with E-state index in [1.807, 2.05) is 23.1 Å². The van der Waals surface area contributed by atoms with Crippen molar-refractivity contribution >= 4 is 21.7 Å². The SMILES string of the molecule is CS(=O)(=O)N1CCc2c(cccc2NC(=O)N2CCCC2CC2CCCCC2)C1. The van der Waals surface area contributed by atoms with Crippen LogP contribution in [0.2, 0.25) is 0 Å². The number of carbonyl (C=O) groups excluding carboxylic acids is 1. The first kappa shape index (κ1) is 20.7. The summed E-state index contributed by atoms with van der Waals surface area (Å²) in [7, 11) is -3.20. The third-order valence-electron chi connectivity index (χ3n) is 6.91. The van der Waals surface area contributed by atoms with Crippen molar-refractivity contribution in [3.63, 3.8) is 0 Å². The number of fused-ring (bicyclic) bond motifs is 1. The van der Waals surface area contributed by atoms with Crippen LogP contribution in [0.5, 0.6) is 0 Å². The summed E-state index contributed by atoms with van der Waals surface area (Å²) < 4.78 is 25.3. The molecule has 4 rings (SSSR count). The van der Waals surface area contributed by atoms with Crippen molar-refractivity contribution in [2.24, 2.45) is 5.92 Å². The first-order chi connectivity index (χ1) is 13.9. The maximum atomic E-state index is 13.1. The van der Waals surface area contributed by atoms with Gasteiger partial charge in [0, 0.05) is 31.4 Å². The number of amides is 2. The van der Waals surface area contributed by atoms with Crippen LogP contribution in [0.4, 0.5) is 10.5 Å². The lowest BCUT2D eigenvalue weighted by Gasteiger charge is -2.31. The molecule has 3 aliphatic rings. The molecule has 6 nitrogen and oxygen atoms in total. The van der Waals surface area contributed by atoms with Crippen molar-refractivity contribution in [3.05, 3.63) is 29.3 Å². The quantitative estimate of drug-likeness (QED) is 0.803. The number of benzene rings is 1. The Hall–Kier alpha value is -1.60. The van der Waals surface area contributed by atoms with Crippen LogP contribution < -0.4 is 5.32 Å². The molecular weight excluding hydrogens is 386 g/mol. The highest BCUT2D eigenvalue weighted by Gasteiger charge is 2.32. The third kappa shape index (κ3) is 4.77. The molecule has 1 N–H and O–H groups in total. The van der Waals surface area contributed by atoms with Gasteiger partial charge in [-0.2, -0.15) is 4.31 Å². The van der Waals surface area contributed by atoms with Gasteiger partial charge in [-0.1, -0.05) is 44.2 Å². The fraction of sp³-hybridized carbons (Fsp3) is 0.682. The molecule has 1 saturated carbocycles. The topological polar surface area (TPSA) is 69.7 Å². The largest absolute Gasteiger partial charge is 0.322 e. The van der Waals surface area contributed by atoms with E-state index in [1.54, 1.807) is 0 Å². The van der Waals surface area contributed by atoms with E-state index in [1.165, 1.54) is 42.7 Å². The lowest BCUT2D eigenvalue weighted by molar-refractivity contribution is 0.190. The molecule has 2 aliphatic heterocycles. The van der Waals surface area contributed by atoms with Crippen molar-refractivity contribution in [2.45, 2.75) is 70.4 Å². The molecule has 160 valence electrons. The Bertz CT molecular complexity index is 849. The van der Waals surface area contributed by atoms with E-state index in [-0.39, 0.29) is 6.03 Å². The summed E-state index contributed by atoms with van der Waals surface area (Å²) in [5, 5.41) is 3.15. The highest BCUT2D eigenvalue weighted by atomic mass is 32.2. The summed E-state index contributed by atoms with van der Waals surface area (Å²) in [5.41, 5.74) is 2.90. The van der Waals surface area contributed by atoms with Gasteiger partial charge >= 0.3 is 6.03 Å². The minimum atomic E-state index is -3.20. The first-order valence-corrected chi connectivity index (χ1v) is 12.9. The summed E-state index contributed by atoms with van der Waals surface area (Å²) in [5.74, 6) is 0.772. The van der Waals surface area contributed by atoms with Gasteiger partial charge in [0.05, 0.1) is 6.26 Å². The van der Waals surface area contributed by atoms with Crippen molar-refractivity contribution in [1.82, 2.24) is 9.21 Å². The molecular formula is C22H33N3O3S. The van der Waals surface area contributed by atoms with E-state index < -0.39 is 10.0 Å². The summed E-state index contributed by atoms with van der Waals surface area (Å²) in [6.07, 6.45) is 11.9. The average Bonchev–Trinajstić information content (AvgIpc) is 3.16. The monoisotopic (exact) mass is 419 g/mol. The van der Waals surface area contributed by atoms with E-state index in [0.717, 1.165) is 48.5 Å². The van der Waals surface area contributed by atoms with Crippen molar-refractivity contribution in [1.29, 1.82) is 0 Å². The molecule has 0 spiro atoms. The number of sulfonamides is 1. The maximum absolute atomic E-state index is 13.1. The number of nitrogens with one attached hydrogen (secondary N) is 1. The number of nitrogens with zero attached hydrogens (tertiary/aromatic N) is 2. The minimum Gasteiger partial charge on any atom is -0.322 e. The molecule has 1 aromatic carbocycles. The zero-order chi connectivity index (χ0) is 20.4. The van der Waals surface area contributed by atoms with Crippen LogP contribution in [-0.4, -0.2) is 49.0 Å². The van der Waals surface area contributed by atoms with Gasteiger partial charge in [0.15, 0.2) is 0 Å². The van der Waals surface area contributed by atoms with E-state index in [4.69, 9.17) is 0 Å². The molecule has 1 aliphatic carbocycles. The molecule has 2 fully saturated rings. The molecule has 0 radical (unpaired) electrons. The molecule has 1 unspecified atom stereocenters. The number of hydrogen-bond donors (Lipinski definition) is 1. The number of hydrogen-bond acceptors (Lipinski definition) is 3. The zero-order valence-electron chi connectivity index (χ0n) is 17.4. The second-order valence-electron chi connectivity index (χ2n) is 8.95. The van der Waals surface area contributed by atoms with Crippen molar-refractivity contribution in [2.75, 3.05) is 24.7 Å². The fourth-order valence-corrected chi connectivity index (χ4v) is 6.12. The predicted molar refractivity (Wildman–Crippen MR) is 115 cm³/mol. The molecule has 29 heavy (non-hydrogen) atoms. The normalized spacial score (nSPS) is 23.8. The molecule has 1 saturated heterocycles. The standard InChI is InChI=1S/C22H33N3O3S/c1-29(27,28)24-14-12-20-18(16-24)9-5-11-21(20)23-22(26)25-13-6-10-19(25)15-17-7-3-2-4-8-17/h5,9,11,17,19H,2-4,6-8,10,12-16H2,1H3,(H,23,26). The highest BCUT2D eigenvalue weighted by molar-refractivity contribution is 7.88. The van der Waals surface area contributed by atoms with Gasteiger partial charge in [0.1, 0.15) is 0 Å². The predicted octanol–water partition coefficient (Wildman–Crippen LogP) is 3.97. The summed E-state index contributed by atoms with van der Waals surface area (Å²) in [6, 6.07) is 6.17. The third-order valence-corrected chi connectivity index (χ3v) is 8.16. The fourth-order valence-electron chi connectivity index (χ4n) is 5.33. The molecule has 1 aromatic rings. The van der Waals surface area contributed by atoms with Crippen LogP contribution in [-0.2, 0) is 23.0 Å². The molecule has 2 amide bonds. The van der Waals surface area contributed by atoms with Crippen molar-refractivity contribution < 1.29 is 13.2 Å². The Labute approximate surface area is 174 Å². The number of carbonyl (C=O) groups is 1. The molecule has 7 heteroatoms. The number of likely N-dealkylation sites (tertiary alicyclic amines) is 1. The Morgan fingerprint density at radius 1 is 1.10 bits per heavy atom. The smallest absolute Gasteiger partial charge is 0.322 e. The summed E-state index contributed by atoms with van der Waals surface area (Å²) >= 11 is 0. The maximum Gasteiger partial charge on any atom is 0.322 e. The zero-order valence-corrected chi connectivity index (χ0v) is 18.2. The Morgan fingerprint density at radius 3 is 2.66 bits per heavy atom. The highest BCUT2D eigenvalue weighted by Crippen LogP contribution is 2.33. The Balaban J connectivity index is 1.43. The molecule has 0 aromatic heterocycles. The van der Waals surface area contributed by atoms with E-state index in [9.17, 15) is 13.2 Å². The van der Waals surface area contributed by atoms with Gasteiger partial charge in [-0.25, -0.2) is 13.2 Å². The van der Waals surface area contributed by atoms with E-state index in [0.29, 0.717) is 25.6 Å². The summed E-state index contributed by atoms with van der Waals surface area (Å²) in [6.45, 7) is 1.68. The van der Waals surface area contributed by atoms with Crippen LogP contribution in [0.1, 0.15) is 62.5 Å². The minimum absolute atomic E-state index is 0.00209. The van der Waals surface area contributed by atoms with Crippen LogP contribution >= 0.6 is 0 Å². The van der Waals surface area contributed by atoms with Gasteiger partial charge in [0.2, 0.25) is 10.0 Å². The number of urea groups is 1. The summed E-state index contributed by atoms with van der Waals surface area (Å²) in [4.78, 5) is 15.1. The average molecular weight is 420 g/mol. The lowest BCUT2D eigenvalue weighted by Crippen LogP contribution is -2.40. The van der Waals surface area contributed by atoms with Gasteiger partial charge in [-0.15, -0.1) is 0 Å². The van der Waals surface area contributed by atoms with Gasteiger partial charge in [0.25, 0.3) is 0 Å². The number of anilines is 1. The van der Waals surface area contributed by atoms with Gasteiger partial charge < -0.3 is 10.2 Å². The Morgan fingerprint density at radius 2 is 1.90 bits per heavy atom. The van der Waals surface area contributed by atoms with Crippen LogP contribution in [0, 0.1) is 5.92 Å². The lowest BCUT2D eigenvalue weighted by atomic mass is 9.84. The second kappa shape index (κ2) is 8.64. The molecule has 0 bridgehead atoms. The Kier molecular flexibility index (Phi) is 6.16. The molecule has 1 atom stereocenters. The van der Waals surface area contributed by atoms with Crippen molar-refractivity contribution in [3.8, 4) is 0 Å². The van der Waals surface area contributed by atoms with Crippen LogP contribution in [0.3, 0.4) is 0 Å². The van der Waals surface area contributed by atoms with Crippen LogP contribution in [0.25, 0.3) is 0 Å². The second-order valence-corrected chi connectivity index (χ2v) is 10.9.